The number of benzene rings is 1. The minimum atomic E-state index is -0.730. The lowest BCUT2D eigenvalue weighted by Gasteiger charge is -2.10. The molecule has 0 atom stereocenters. The van der Waals surface area contributed by atoms with Crippen LogP contribution in [-0.4, -0.2) is 28.4 Å². The Bertz CT molecular complexity index is 1340. The van der Waals surface area contributed by atoms with Crippen LogP contribution in [0.15, 0.2) is 66.6 Å². The molecule has 0 aliphatic heterocycles. The fraction of sp³-hybridized carbons (Fsp3) is 0.154. The zero-order chi connectivity index (χ0) is 23.5. The van der Waals surface area contributed by atoms with E-state index in [-0.39, 0.29) is 0 Å². The predicted molar refractivity (Wildman–Crippen MR) is 129 cm³/mol. The molecule has 2 aromatic heterocycles. The number of anilines is 1. The number of aromatic nitrogens is 2. The van der Waals surface area contributed by atoms with Gasteiger partial charge in [-0.1, -0.05) is 23.7 Å². The number of ketones is 1. The van der Waals surface area contributed by atoms with E-state index in [0.29, 0.717) is 34.4 Å². The van der Waals surface area contributed by atoms with Crippen molar-refractivity contribution in [1.82, 2.24) is 9.55 Å². The third-order valence-corrected chi connectivity index (χ3v) is 5.81. The molecule has 0 saturated carbocycles. The van der Waals surface area contributed by atoms with Gasteiger partial charge in [-0.3, -0.25) is 9.59 Å². The molecule has 1 aromatic carbocycles. The summed E-state index contributed by atoms with van der Waals surface area (Å²) in [4.78, 5) is 30.4. The third kappa shape index (κ3) is 4.53. The number of Topliss-reactive ketones (excluding diaryl/α,β-unsaturated/α-hetero) is 1. The van der Waals surface area contributed by atoms with E-state index >= 15 is 0 Å². The molecule has 1 aliphatic carbocycles. The highest BCUT2D eigenvalue weighted by atomic mass is 35.5. The van der Waals surface area contributed by atoms with Crippen molar-refractivity contribution in [2.24, 2.45) is 0 Å². The number of nitrogens with zero attached hydrogens (tertiary/aromatic N) is 2. The van der Waals surface area contributed by atoms with Gasteiger partial charge >= 0.3 is 0 Å². The van der Waals surface area contributed by atoms with Crippen molar-refractivity contribution in [2.45, 2.75) is 20.4 Å². The number of ether oxygens (including phenoxy) is 1. The van der Waals surface area contributed by atoms with Gasteiger partial charge in [0.25, 0.3) is 11.7 Å². The lowest BCUT2D eigenvalue weighted by Crippen LogP contribution is -2.24. The highest BCUT2D eigenvalue weighted by Crippen LogP contribution is 2.32. The average molecular weight is 460 g/mol. The topological polar surface area (TPSA) is 73.2 Å². The largest absolute Gasteiger partial charge is 0.481 e. The first kappa shape index (κ1) is 22.3. The monoisotopic (exact) mass is 459 g/mol. The molecule has 0 radical (unpaired) electrons. The number of nitrogens with one attached hydrogen (secondary N) is 1. The molecule has 166 valence electrons. The Morgan fingerprint density at radius 3 is 2.58 bits per heavy atom. The Balaban J connectivity index is 1.72. The molecule has 2 heterocycles. The quantitative estimate of drug-likeness (QED) is 0.301. The van der Waals surface area contributed by atoms with Crippen LogP contribution in [0.2, 0.25) is 5.02 Å². The zero-order valence-electron chi connectivity index (χ0n) is 18.5. The number of methoxy groups -OCH3 is 1. The van der Waals surface area contributed by atoms with Gasteiger partial charge in [0.15, 0.2) is 0 Å². The Morgan fingerprint density at radius 1 is 1.15 bits per heavy atom. The maximum atomic E-state index is 13.4. The summed E-state index contributed by atoms with van der Waals surface area (Å²) in [5, 5.41) is 3.32. The molecule has 6 nitrogen and oxygen atoms in total. The van der Waals surface area contributed by atoms with E-state index in [0.717, 1.165) is 22.4 Å². The smallest absolute Gasteiger partial charge is 0.296 e. The predicted octanol–water partition coefficient (Wildman–Crippen LogP) is 5.14. The summed E-state index contributed by atoms with van der Waals surface area (Å²) in [5.74, 6) is -1.00. The van der Waals surface area contributed by atoms with Crippen LogP contribution < -0.4 is 10.1 Å². The fourth-order valence-electron chi connectivity index (χ4n) is 3.90. The third-order valence-electron chi connectivity index (χ3n) is 5.56. The number of halogens is 1. The van der Waals surface area contributed by atoms with E-state index in [2.05, 4.69) is 16.0 Å². The molecule has 1 N–H and O–H groups in total. The van der Waals surface area contributed by atoms with E-state index in [9.17, 15) is 9.59 Å². The van der Waals surface area contributed by atoms with Crippen LogP contribution in [0, 0.1) is 13.8 Å². The van der Waals surface area contributed by atoms with Crippen molar-refractivity contribution in [1.29, 1.82) is 0 Å². The van der Waals surface area contributed by atoms with Crippen LogP contribution in [0.1, 0.15) is 32.9 Å². The van der Waals surface area contributed by atoms with Crippen molar-refractivity contribution < 1.29 is 14.3 Å². The van der Waals surface area contributed by atoms with Gasteiger partial charge in [-0.15, -0.1) is 5.73 Å². The zero-order valence-corrected chi connectivity index (χ0v) is 19.2. The Kier molecular flexibility index (Phi) is 6.31. The van der Waals surface area contributed by atoms with Crippen molar-refractivity contribution >= 4 is 34.6 Å². The fourth-order valence-corrected chi connectivity index (χ4v) is 4.03. The Hall–Kier alpha value is -3.86. The second kappa shape index (κ2) is 9.33. The summed E-state index contributed by atoms with van der Waals surface area (Å²) in [6, 6.07) is 10.7. The van der Waals surface area contributed by atoms with Crippen LogP contribution in [0.5, 0.6) is 5.88 Å². The van der Waals surface area contributed by atoms with E-state index < -0.39 is 11.7 Å². The molecular weight excluding hydrogens is 438 g/mol. The summed E-state index contributed by atoms with van der Waals surface area (Å²) in [6.07, 6.45) is 6.99. The number of hydrogen-bond acceptors (Lipinski definition) is 4. The van der Waals surface area contributed by atoms with Gasteiger partial charge in [-0.05, 0) is 61.4 Å². The molecule has 1 aliphatic rings. The van der Waals surface area contributed by atoms with Crippen LogP contribution in [0.3, 0.4) is 0 Å². The molecule has 0 saturated heterocycles. The molecule has 33 heavy (non-hydrogen) atoms. The van der Waals surface area contributed by atoms with Crippen LogP contribution in [0.4, 0.5) is 5.69 Å². The Morgan fingerprint density at radius 2 is 1.91 bits per heavy atom. The van der Waals surface area contributed by atoms with Crippen LogP contribution >= 0.6 is 11.6 Å². The second-order valence-electron chi connectivity index (χ2n) is 7.60. The van der Waals surface area contributed by atoms with Crippen LogP contribution in [0.25, 0.3) is 5.57 Å². The first-order valence-electron chi connectivity index (χ1n) is 10.3. The van der Waals surface area contributed by atoms with E-state index in [4.69, 9.17) is 16.3 Å². The van der Waals surface area contributed by atoms with Gasteiger partial charge in [0, 0.05) is 46.5 Å². The molecular formula is C26H22ClN3O3. The number of allylic oxidation sites excluding steroid dienone is 3. The molecule has 3 aromatic rings. The summed E-state index contributed by atoms with van der Waals surface area (Å²) in [5.41, 5.74) is 8.05. The van der Waals surface area contributed by atoms with Gasteiger partial charge < -0.3 is 14.6 Å². The molecule has 7 heteroatoms. The standard InChI is InChI=1S/C26H22ClN3O3/c1-16-23(19-6-4-5-7-19)24(17(2)30(16)15-18-8-10-20(27)11-9-18)25(31)26(32)29-21-12-13-28-22(14-21)33-3/h4,6-14H,15H2,1-3H3,(H,28,29,32). The van der Waals surface area contributed by atoms with Crippen molar-refractivity contribution in [2.75, 3.05) is 12.4 Å². The second-order valence-corrected chi connectivity index (χ2v) is 8.04. The van der Waals surface area contributed by atoms with Gasteiger partial charge in [0.2, 0.25) is 5.88 Å². The number of pyridine rings is 1. The molecule has 1 amide bonds. The average Bonchev–Trinajstić information content (AvgIpc) is 3.42. The van der Waals surface area contributed by atoms with Crippen molar-refractivity contribution in [3.63, 3.8) is 0 Å². The highest BCUT2D eigenvalue weighted by molar-refractivity contribution is 6.47. The maximum absolute atomic E-state index is 13.4. The highest BCUT2D eigenvalue weighted by Gasteiger charge is 2.29. The first-order chi connectivity index (χ1) is 15.9. The first-order valence-corrected chi connectivity index (χ1v) is 10.7. The molecule has 0 spiro atoms. The lowest BCUT2D eigenvalue weighted by atomic mass is 9.97. The molecule has 0 fully saturated rings. The van der Waals surface area contributed by atoms with Crippen molar-refractivity contribution in [3.05, 3.63) is 99.7 Å². The number of carbonyl (C=O) groups excluding carboxylic acids is 2. The lowest BCUT2D eigenvalue weighted by molar-refractivity contribution is -0.112. The maximum Gasteiger partial charge on any atom is 0.296 e. The molecule has 4 rings (SSSR count). The minimum absolute atomic E-state index is 0.342. The van der Waals surface area contributed by atoms with Gasteiger partial charge in [-0.25, -0.2) is 4.98 Å². The summed E-state index contributed by atoms with van der Waals surface area (Å²) >= 11 is 6.02. The minimum Gasteiger partial charge on any atom is -0.481 e. The number of hydrogen-bond donors (Lipinski definition) is 1. The summed E-state index contributed by atoms with van der Waals surface area (Å²) in [6.45, 7) is 4.35. The SMILES string of the molecule is COc1cc(NC(=O)C(=O)c2c(C3=CC=C=C3)c(C)n(Cc3ccc(Cl)cc3)c2C)ccn1. The van der Waals surface area contributed by atoms with E-state index in [1.807, 2.05) is 54.8 Å². The number of amides is 1. The number of carbonyl (C=O) groups is 2. The van der Waals surface area contributed by atoms with E-state index in [1.165, 1.54) is 13.3 Å². The summed E-state index contributed by atoms with van der Waals surface area (Å²) < 4.78 is 7.13. The summed E-state index contributed by atoms with van der Waals surface area (Å²) in [7, 11) is 1.48. The van der Waals surface area contributed by atoms with Gasteiger partial charge in [0.05, 0.1) is 12.7 Å². The molecule has 0 bridgehead atoms. The molecule has 0 unspecified atom stereocenters. The Labute approximate surface area is 196 Å². The normalized spacial score (nSPS) is 12.1. The van der Waals surface area contributed by atoms with Gasteiger partial charge in [0.1, 0.15) is 0 Å². The van der Waals surface area contributed by atoms with Crippen molar-refractivity contribution in [3.8, 4) is 5.88 Å². The van der Waals surface area contributed by atoms with Gasteiger partial charge in [-0.2, -0.15) is 0 Å². The van der Waals surface area contributed by atoms with Crippen LogP contribution in [-0.2, 0) is 11.3 Å². The van der Waals surface area contributed by atoms with E-state index in [1.54, 1.807) is 18.2 Å². The number of rotatable bonds is 7.